The summed E-state index contributed by atoms with van der Waals surface area (Å²) < 4.78 is 26.7. The Morgan fingerprint density at radius 1 is 1.26 bits per heavy atom. The van der Waals surface area contributed by atoms with E-state index in [2.05, 4.69) is 0 Å². The first-order valence-electron chi connectivity index (χ1n) is 10.3. The third-order valence-electron chi connectivity index (χ3n) is 6.91. The molecule has 4 heterocycles. The molecule has 3 aromatic rings. The molecule has 1 unspecified atom stereocenters. The smallest absolute Gasteiger partial charge is 0.340 e. The number of ether oxygens (including phenoxy) is 2. The van der Waals surface area contributed by atoms with Gasteiger partial charge in [0.05, 0.1) is 29.0 Å². The number of aryl methyl sites for hydroxylation is 1. The minimum atomic E-state index is -0.959. The van der Waals surface area contributed by atoms with Gasteiger partial charge in [-0.3, -0.25) is 4.79 Å². The summed E-state index contributed by atoms with van der Waals surface area (Å²) in [4.78, 5) is 30.2. The van der Waals surface area contributed by atoms with Crippen LogP contribution in [0.4, 0.5) is 4.39 Å². The number of aromatic nitrogens is 2. The molecule has 0 radical (unpaired) electrons. The number of halogens is 1. The number of pyridine rings is 2. The highest BCUT2D eigenvalue weighted by molar-refractivity contribution is 5.93. The Kier molecular flexibility index (Phi) is 3.74. The Labute approximate surface area is 176 Å². The maximum absolute atomic E-state index is 14.6. The van der Waals surface area contributed by atoms with Gasteiger partial charge in [-0.05, 0) is 42.5 Å². The number of carbonyl (C=O) groups excluding carboxylic acids is 1. The van der Waals surface area contributed by atoms with E-state index in [1.807, 2.05) is 0 Å². The second kappa shape index (κ2) is 6.21. The molecule has 158 valence electrons. The topological polar surface area (TPSA) is 96.4 Å². The van der Waals surface area contributed by atoms with Gasteiger partial charge >= 0.3 is 5.97 Å². The molecule has 0 bridgehead atoms. The molecule has 1 aliphatic carbocycles. The molecule has 1 aromatic carbocycles. The molecule has 0 amide bonds. The summed E-state index contributed by atoms with van der Waals surface area (Å²) in [6, 6.07) is 3.01. The molecule has 0 spiro atoms. The number of nitrogens with two attached hydrogens (primary N) is 1. The normalized spacial score (nSPS) is 21.0. The molecule has 3 aliphatic rings. The molecule has 2 aromatic heterocycles. The molecule has 0 saturated carbocycles. The standard InChI is InChI=1S/C23H20FN3O4/c1-9-10-3-4-15(25)18-12-7-27-17(20(12)26-16(19(10)18)6-14(9)24)5-11-13(22(27)28)8-31-23(29)21(11)30-2/h5-6,15,21H,3-4,7-8,25H2,1-2H3/t15-,21?/m1/s1. The fraction of sp³-hybridized carbons (Fsp3) is 0.348. The van der Waals surface area contributed by atoms with Crippen LogP contribution in [0.5, 0.6) is 0 Å². The van der Waals surface area contributed by atoms with E-state index in [0.717, 1.165) is 22.1 Å². The minimum absolute atomic E-state index is 0.0835. The van der Waals surface area contributed by atoms with Gasteiger partial charge in [0, 0.05) is 35.7 Å². The molecule has 0 fully saturated rings. The van der Waals surface area contributed by atoms with Crippen molar-refractivity contribution in [2.45, 2.75) is 45.1 Å². The molecule has 7 nitrogen and oxygen atoms in total. The van der Waals surface area contributed by atoms with E-state index in [1.54, 1.807) is 17.6 Å². The van der Waals surface area contributed by atoms with Crippen LogP contribution in [-0.4, -0.2) is 22.6 Å². The SMILES string of the molecule is COC1C(=O)OCc2c1cc1n(c2=O)Cc2c-1nc1cc(F)c(C)c3c1c2[C@H](N)CC3. The predicted molar refractivity (Wildman–Crippen MR) is 110 cm³/mol. The number of benzene rings is 1. The van der Waals surface area contributed by atoms with Gasteiger partial charge in [-0.15, -0.1) is 0 Å². The van der Waals surface area contributed by atoms with Crippen molar-refractivity contribution in [2.75, 3.05) is 7.11 Å². The number of rotatable bonds is 1. The molecule has 8 heteroatoms. The van der Waals surface area contributed by atoms with E-state index in [1.165, 1.54) is 13.2 Å². The Morgan fingerprint density at radius 2 is 2.06 bits per heavy atom. The van der Waals surface area contributed by atoms with Crippen LogP contribution in [0.3, 0.4) is 0 Å². The van der Waals surface area contributed by atoms with Crippen molar-refractivity contribution in [3.05, 3.63) is 61.7 Å². The van der Waals surface area contributed by atoms with Crippen molar-refractivity contribution < 1.29 is 18.7 Å². The van der Waals surface area contributed by atoms with E-state index in [4.69, 9.17) is 20.2 Å². The third-order valence-corrected chi connectivity index (χ3v) is 6.91. The van der Waals surface area contributed by atoms with Crippen LogP contribution in [0.15, 0.2) is 16.9 Å². The highest BCUT2D eigenvalue weighted by Gasteiger charge is 2.37. The largest absolute Gasteiger partial charge is 0.458 e. The van der Waals surface area contributed by atoms with Crippen LogP contribution in [0.2, 0.25) is 0 Å². The van der Waals surface area contributed by atoms with Crippen LogP contribution in [0, 0.1) is 12.7 Å². The summed E-state index contributed by atoms with van der Waals surface area (Å²) in [6.45, 7) is 2.04. The number of nitrogens with zero attached hydrogens (tertiary/aromatic N) is 2. The van der Waals surface area contributed by atoms with Crippen molar-refractivity contribution in [3.63, 3.8) is 0 Å². The van der Waals surface area contributed by atoms with Gasteiger partial charge in [0.1, 0.15) is 12.4 Å². The molecule has 0 saturated heterocycles. The number of hydrogen-bond donors (Lipinski definition) is 1. The van der Waals surface area contributed by atoms with E-state index in [0.29, 0.717) is 53.0 Å². The second-order valence-corrected chi connectivity index (χ2v) is 8.43. The van der Waals surface area contributed by atoms with Crippen molar-refractivity contribution in [2.24, 2.45) is 5.73 Å². The van der Waals surface area contributed by atoms with Crippen LogP contribution < -0.4 is 11.3 Å². The number of hydrogen-bond acceptors (Lipinski definition) is 6. The van der Waals surface area contributed by atoms with Gasteiger partial charge < -0.3 is 19.8 Å². The minimum Gasteiger partial charge on any atom is -0.458 e. The third kappa shape index (κ3) is 2.31. The average molecular weight is 421 g/mol. The zero-order chi connectivity index (χ0) is 21.6. The summed E-state index contributed by atoms with van der Waals surface area (Å²) in [5.74, 6) is -0.817. The van der Waals surface area contributed by atoms with Crippen LogP contribution in [0.1, 0.15) is 51.9 Å². The molecule has 2 N–H and O–H groups in total. The zero-order valence-corrected chi connectivity index (χ0v) is 17.1. The summed E-state index contributed by atoms with van der Waals surface area (Å²) in [6.07, 6.45) is 0.447. The first kappa shape index (κ1) is 18.7. The first-order valence-corrected chi connectivity index (χ1v) is 10.3. The first-order chi connectivity index (χ1) is 14.9. The highest BCUT2D eigenvalue weighted by Crippen LogP contribution is 2.44. The Hall–Kier alpha value is -3.10. The monoisotopic (exact) mass is 421 g/mol. The predicted octanol–water partition coefficient (Wildman–Crippen LogP) is 2.56. The number of cyclic esters (lactones) is 1. The second-order valence-electron chi connectivity index (χ2n) is 8.43. The Morgan fingerprint density at radius 3 is 2.84 bits per heavy atom. The van der Waals surface area contributed by atoms with Crippen molar-refractivity contribution >= 4 is 16.9 Å². The number of carbonyl (C=O) groups is 1. The van der Waals surface area contributed by atoms with E-state index in [-0.39, 0.29) is 24.0 Å². The van der Waals surface area contributed by atoms with Crippen molar-refractivity contribution in [1.29, 1.82) is 0 Å². The summed E-state index contributed by atoms with van der Waals surface area (Å²) in [5.41, 5.74) is 12.4. The Balaban J connectivity index is 1.69. The summed E-state index contributed by atoms with van der Waals surface area (Å²) >= 11 is 0. The molecular formula is C23H20FN3O4. The number of methoxy groups -OCH3 is 1. The van der Waals surface area contributed by atoms with Gasteiger partial charge in [0.2, 0.25) is 0 Å². The van der Waals surface area contributed by atoms with Crippen LogP contribution in [0.25, 0.3) is 22.3 Å². The fourth-order valence-corrected chi connectivity index (χ4v) is 5.35. The summed E-state index contributed by atoms with van der Waals surface area (Å²) in [5, 5.41) is 0.912. The Bertz CT molecular complexity index is 1390. The summed E-state index contributed by atoms with van der Waals surface area (Å²) in [7, 11) is 1.40. The average Bonchev–Trinajstić information content (AvgIpc) is 3.11. The maximum atomic E-state index is 14.6. The van der Waals surface area contributed by atoms with Gasteiger partial charge in [-0.25, -0.2) is 14.2 Å². The quantitative estimate of drug-likeness (QED) is 0.475. The lowest BCUT2D eigenvalue weighted by molar-refractivity contribution is -0.159. The molecule has 2 atom stereocenters. The number of fused-ring (bicyclic) bond motifs is 5. The number of esters is 1. The van der Waals surface area contributed by atoms with Crippen molar-refractivity contribution in [3.8, 4) is 11.4 Å². The van der Waals surface area contributed by atoms with Gasteiger partial charge in [0.25, 0.3) is 5.56 Å². The van der Waals surface area contributed by atoms with Crippen LogP contribution >= 0.6 is 0 Å². The fourth-order valence-electron chi connectivity index (χ4n) is 5.35. The molecule has 2 aliphatic heterocycles. The van der Waals surface area contributed by atoms with E-state index >= 15 is 0 Å². The maximum Gasteiger partial charge on any atom is 0.340 e. The zero-order valence-electron chi connectivity index (χ0n) is 17.1. The molecule has 6 rings (SSSR count). The molecular weight excluding hydrogens is 401 g/mol. The lowest BCUT2D eigenvalue weighted by atomic mass is 9.82. The van der Waals surface area contributed by atoms with Crippen molar-refractivity contribution in [1.82, 2.24) is 9.55 Å². The van der Waals surface area contributed by atoms with Gasteiger partial charge in [-0.2, -0.15) is 0 Å². The van der Waals surface area contributed by atoms with E-state index in [9.17, 15) is 14.0 Å². The van der Waals surface area contributed by atoms with Gasteiger partial charge in [-0.1, -0.05) is 0 Å². The van der Waals surface area contributed by atoms with Crippen LogP contribution in [-0.2, 0) is 33.8 Å². The lowest BCUT2D eigenvalue weighted by Crippen LogP contribution is -2.33. The van der Waals surface area contributed by atoms with Gasteiger partial charge in [0.15, 0.2) is 6.10 Å². The highest BCUT2D eigenvalue weighted by atomic mass is 19.1. The van der Waals surface area contributed by atoms with E-state index < -0.39 is 12.1 Å². The lowest BCUT2D eigenvalue weighted by Gasteiger charge is -2.26. The molecule has 31 heavy (non-hydrogen) atoms.